The Hall–Kier alpha value is -1.52. The lowest BCUT2D eigenvalue weighted by atomic mass is 9.79. The van der Waals surface area contributed by atoms with Gasteiger partial charge in [0.1, 0.15) is 0 Å². The molecule has 1 aliphatic carbocycles. The normalized spacial score (nSPS) is 22.9. The van der Waals surface area contributed by atoms with Crippen molar-refractivity contribution in [3.05, 3.63) is 42.0 Å². The molecule has 1 aliphatic rings. The first-order valence-corrected chi connectivity index (χ1v) is 6.57. The van der Waals surface area contributed by atoms with E-state index in [1.807, 2.05) is 6.08 Å². The molecule has 0 spiro atoms. The van der Waals surface area contributed by atoms with Gasteiger partial charge < -0.3 is 4.74 Å². The van der Waals surface area contributed by atoms with Crippen LogP contribution in [0.4, 0.5) is 17.6 Å². The van der Waals surface area contributed by atoms with Crippen molar-refractivity contribution in [1.82, 2.24) is 0 Å². The zero-order valence-electron chi connectivity index (χ0n) is 10.9. The molecule has 5 heteroatoms. The van der Waals surface area contributed by atoms with Crippen molar-refractivity contribution in [2.45, 2.75) is 38.2 Å². The first-order chi connectivity index (χ1) is 9.51. The highest BCUT2D eigenvalue weighted by atomic mass is 19.3. The van der Waals surface area contributed by atoms with Gasteiger partial charge in [0.15, 0.2) is 17.4 Å². The summed E-state index contributed by atoms with van der Waals surface area (Å²) in [6.45, 7) is 0.499. The number of allylic oxidation sites excluding steroid dienone is 1. The van der Waals surface area contributed by atoms with E-state index in [1.165, 1.54) is 0 Å². The molecule has 0 aromatic heterocycles. The number of hydrogen-bond acceptors (Lipinski definition) is 1. The molecule has 0 radical (unpaired) electrons. The first kappa shape index (κ1) is 14.9. The van der Waals surface area contributed by atoms with E-state index in [0.717, 1.165) is 37.8 Å². The number of hydrogen-bond donors (Lipinski definition) is 0. The molecule has 1 fully saturated rings. The van der Waals surface area contributed by atoms with Crippen molar-refractivity contribution >= 4 is 0 Å². The Morgan fingerprint density at radius 3 is 2.10 bits per heavy atom. The Morgan fingerprint density at radius 1 is 1.10 bits per heavy atom. The predicted octanol–water partition coefficient (Wildman–Crippen LogP) is 5.03. The van der Waals surface area contributed by atoms with Gasteiger partial charge in [0.2, 0.25) is 0 Å². The predicted molar refractivity (Wildman–Crippen MR) is 67.9 cm³/mol. The molecule has 0 N–H and O–H groups in total. The summed E-state index contributed by atoms with van der Waals surface area (Å²) in [6, 6.07) is 2.19. The Morgan fingerprint density at radius 2 is 1.65 bits per heavy atom. The fourth-order valence-corrected chi connectivity index (χ4v) is 2.71. The topological polar surface area (TPSA) is 9.23 Å². The van der Waals surface area contributed by atoms with Gasteiger partial charge in [0, 0.05) is 0 Å². The van der Waals surface area contributed by atoms with Crippen molar-refractivity contribution < 1.29 is 22.3 Å². The average Bonchev–Trinajstić information content (AvgIpc) is 2.42. The zero-order valence-corrected chi connectivity index (χ0v) is 10.9. The maximum Gasteiger partial charge on any atom is 0.387 e. The van der Waals surface area contributed by atoms with Crippen molar-refractivity contribution in [3.63, 3.8) is 0 Å². The molecule has 20 heavy (non-hydrogen) atoms. The smallest absolute Gasteiger partial charge is 0.387 e. The number of halogens is 4. The molecule has 0 aliphatic heterocycles. The van der Waals surface area contributed by atoms with Gasteiger partial charge in [-0.3, -0.25) is 0 Å². The zero-order chi connectivity index (χ0) is 14.7. The summed E-state index contributed by atoms with van der Waals surface area (Å²) in [5.41, 5.74) is 0.504. The molecule has 0 heterocycles. The molecule has 1 aromatic carbocycles. The second-order valence-electron chi connectivity index (χ2n) is 5.04. The fourth-order valence-electron chi connectivity index (χ4n) is 2.71. The minimum atomic E-state index is -3.24. The molecule has 0 saturated heterocycles. The fraction of sp³-hybridized carbons (Fsp3) is 0.467. The van der Waals surface area contributed by atoms with E-state index in [-0.39, 0.29) is 5.92 Å². The average molecular weight is 288 g/mol. The molecule has 0 unspecified atom stereocenters. The summed E-state index contributed by atoms with van der Waals surface area (Å²) in [4.78, 5) is 0. The maximum atomic E-state index is 13.7. The van der Waals surface area contributed by atoms with Crippen LogP contribution in [-0.4, -0.2) is 6.61 Å². The highest BCUT2D eigenvalue weighted by molar-refractivity contribution is 5.33. The highest BCUT2D eigenvalue weighted by Crippen LogP contribution is 2.38. The van der Waals surface area contributed by atoms with Crippen LogP contribution >= 0.6 is 0 Å². The molecular formula is C15H16F4O. The number of rotatable bonds is 4. The molecule has 1 nitrogen and oxygen atoms in total. The van der Waals surface area contributed by atoms with Crippen LogP contribution in [0.3, 0.4) is 0 Å². The highest BCUT2D eigenvalue weighted by Gasteiger charge is 2.24. The van der Waals surface area contributed by atoms with Crippen molar-refractivity contribution in [2.24, 2.45) is 5.92 Å². The van der Waals surface area contributed by atoms with Gasteiger partial charge in [-0.2, -0.15) is 8.78 Å². The third-order valence-corrected chi connectivity index (χ3v) is 3.80. The van der Waals surface area contributed by atoms with E-state index in [9.17, 15) is 17.6 Å². The third kappa shape index (κ3) is 3.32. The summed E-state index contributed by atoms with van der Waals surface area (Å²) < 4.78 is 55.3. The van der Waals surface area contributed by atoms with Crippen LogP contribution in [0.2, 0.25) is 0 Å². The summed E-state index contributed by atoms with van der Waals surface area (Å²) in [5, 5.41) is 0. The monoisotopic (exact) mass is 288 g/mol. The van der Waals surface area contributed by atoms with Crippen LogP contribution in [0, 0.1) is 17.6 Å². The van der Waals surface area contributed by atoms with Crippen LogP contribution in [0.15, 0.2) is 24.8 Å². The summed E-state index contributed by atoms with van der Waals surface area (Å²) >= 11 is 0. The number of benzene rings is 1. The van der Waals surface area contributed by atoms with Crippen LogP contribution in [0.5, 0.6) is 5.75 Å². The Balaban J connectivity index is 2.16. The molecule has 1 aromatic rings. The Kier molecular flexibility index (Phi) is 4.68. The van der Waals surface area contributed by atoms with E-state index in [2.05, 4.69) is 11.3 Å². The van der Waals surface area contributed by atoms with Crippen LogP contribution in [0.25, 0.3) is 0 Å². The van der Waals surface area contributed by atoms with E-state index in [0.29, 0.717) is 11.5 Å². The first-order valence-electron chi connectivity index (χ1n) is 6.57. The minimum absolute atomic E-state index is 0.0517. The van der Waals surface area contributed by atoms with Crippen LogP contribution in [-0.2, 0) is 0 Å². The van der Waals surface area contributed by atoms with Crippen molar-refractivity contribution in [3.8, 4) is 5.75 Å². The summed E-state index contributed by atoms with van der Waals surface area (Å²) in [5.74, 6) is -2.67. The molecular weight excluding hydrogens is 272 g/mol. The molecule has 0 amide bonds. The van der Waals surface area contributed by atoms with E-state index >= 15 is 0 Å². The second kappa shape index (κ2) is 6.29. The number of alkyl halides is 2. The molecule has 2 rings (SSSR count). The Labute approximate surface area is 115 Å². The quantitative estimate of drug-likeness (QED) is 0.558. The molecule has 0 atom stereocenters. The number of ether oxygens (including phenoxy) is 1. The third-order valence-electron chi connectivity index (χ3n) is 3.80. The summed E-state index contributed by atoms with van der Waals surface area (Å²) in [7, 11) is 0. The second-order valence-corrected chi connectivity index (χ2v) is 5.04. The minimum Gasteiger partial charge on any atom is -0.429 e. The van der Waals surface area contributed by atoms with Gasteiger partial charge in [0.05, 0.1) is 0 Å². The van der Waals surface area contributed by atoms with Gasteiger partial charge in [-0.1, -0.05) is 6.08 Å². The largest absolute Gasteiger partial charge is 0.429 e. The van der Waals surface area contributed by atoms with Gasteiger partial charge in [-0.05, 0) is 55.2 Å². The van der Waals surface area contributed by atoms with E-state index < -0.39 is 24.0 Å². The Bertz CT molecular complexity index is 456. The van der Waals surface area contributed by atoms with Crippen molar-refractivity contribution in [1.29, 1.82) is 0 Å². The lowest BCUT2D eigenvalue weighted by Crippen LogP contribution is -2.13. The van der Waals surface area contributed by atoms with Crippen LogP contribution in [0.1, 0.15) is 37.2 Å². The lowest BCUT2D eigenvalue weighted by molar-refractivity contribution is -0.0546. The summed E-state index contributed by atoms with van der Waals surface area (Å²) in [6.07, 6.45) is 5.37. The van der Waals surface area contributed by atoms with Crippen molar-refractivity contribution in [2.75, 3.05) is 0 Å². The van der Waals surface area contributed by atoms with Gasteiger partial charge in [0.25, 0.3) is 0 Å². The molecule has 1 saturated carbocycles. The molecule has 110 valence electrons. The van der Waals surface area contributed by atoms with Crippen LogP contribution < -0.4 is 4.74 Å². The van der Waals surface area contributed by atoms with Gasteiger partial charge >= 0.3 is 6.61 Å². The van der Waals surface area contributed by atoms with Gasteiger partial charge in [-0.25, -0.2) is 8.78 Å². The van der Waals surface area contributed by atoms with Gasteiger partial charge in [-0.15, -0.1) is 6.58 Å². The maximum absolute atomic E-state index is 13.7. The standard InChI is InChI=1S/C15H16F4O/c1-2-9-3-5-10(6-4-9)11-7-12(16)14(13(17)8-11)20-15(18)19/h2,7-10,15H,1,3-6H2. The SMILES string of the molecule is C=CC1CCC(c2cc(F)c(OC(F)F)c(F)c2)CC1. The molecule has 0 bridgehead atoms. The lowest BCUT2D eigenvalue weighted by Gasteiger charge is -2.27. The van der Waals surface area contributed by atoms with E-state index in [4.69, 9.17) is 0 Å². The van der Waals surface area contributed by atoms with E-state index in [1.54, 1.807) is 0 Å².